The minimum atomic E-state index is 0.741. The van der Waals surface area contributed by atoms with Gasteiger partial charge >= 0.3 is 0 Å². The molecule has 27 heavy (non-hydrogen) atoms. The highest BCUT2D eigenvalue weighted by Gasteiger charge is 2.24. The molecule has 1 aromatic carbocycles. The second-order valence-electron chi connectivity index (χ2n) is 7.36. The maximum absolute atomic E-state index is 4.99. The van der Waals surface area contributed by atoms with E-state index in [0.29, 0.717) is 0 Å². The van der Waals surface area contributed by atoms with Crippen molar-refractivity contribution in [1.29, 1.82) is 0 Å². The topological polar surface area (TPSA) is 43.1 Å². The van der Waals surface area contributed by atoms with Crippen LogP contribution in [0.15, 0.2) is 41.8 Å². The molecule has 5 rings (SSSR count). The molecule has 3 heterocycles. The van der Waals surface area contributed by atoms with E-state index in [4.69, 9.17) is 4.98 Å². The molecule has 0 saturated carbocycles. The first kappa shape index (κ1) is 17.2. The maximum atomic E-state index is 4.99. The van der Waals surface area contributed by atoms with Crippen LogP contribution in [-0.2, 0) is 19.3 Å². The monoisotopic (exact) mass is 394 g/mol. The van der Waals surface area contributed by atoms with Crippen molar-refractivity contribution in [3.05, 3.63) is 52.7 Å². The van der Waals surface area contributed by atoms with E-state index in [1.165, 1.54) is 34.2 Å². The number of hydrogen-bond donors (Lipinski definition) is 0. The number of benzene rings is 1. The molecule has 0 fully saturated rings. The first-order valence-corrected chi connectivity index (χ1v) is 11.4. The molecule has 138 valence electrons. The largest absolute Gasteiger partial charge is 0.214 e. The summed E-state index contributed by atoms with van der Waals surface area (Å²) in [5.41, 5.74) is 3.85. The molecule has 0 spiro atoms. The number of hydrogen-bond acceptors (Lipinski definition) is 5. The molecule has 0 saturated heterocycles. The third-order valence-electron chi connectivity index (χ3n) is 5.32. The molecule has 0 aliphatic heterocycles. The molecule has 6 heteroatoms. The lowest BCUT2D eigenvalue weighted by Gasteiger charge is -2.17. The third-order valence-corrected chi connectivity index (χ3v) is 7.52. The molecule has 3 aromatic heterocycles. The van der Waals surface area contributed by atoms with E-state index < -0.39 is 0 Å². The van der Waals surface area contributed by atoms with Gasteiger partial charge in [0, 0.05) is 10.6 Å². The fourth-order valence-corrected chi connectivity index (χ4v) is 6.07. The lowest BCUT2D eigenvalue weighted by Crippen LogP contribution is -2.09. The van der Waals surface area contributed by atoms with Crippen molar-refractivity contribution >= 4 is 39.0 Å². The summed E-state index contributed by atoms with van der Waals surface area (Å²) in [6, 6.07) is 10.7. The zero-order valence-corrected chi connectivity index (χ0v) is 17.0. The van der Waals surface area contributed by atoms with Crippen LogP contribution < -0.4 is 0 Å². The van der Waals surface area contributed by atoms with E-state index in [9.17, 15) is 0 Å². The number of thiophene rings is 1. The summed E-state index contributed by atoms with van der Waals surface area (Å²) < 4.78 is 1.95. The molecule has 4 aromatic rings. The number of nitrogens with zero attached hydrogens (tertiary/aromatic N) is 4. The van der Waals surface area contributed by atoms with Crippen molar-refractivity contribution in [3.63, 3.8) is 0 Å². The average molecular weight is 395 g/mol. The summed E-state index contributed by atoms with van der Waals surface area (Å²) in [5.74, 6) is 1.77. The van der Waals surface area contributed by atoms with E-state index in [1.54, 1.807) is 18.1 Å². The molecule has 1 aliphatic carbocycles. The van der Waals surface area contributed by atoms with Crippen LogP contribution in [0, 0.1) is 5.92 Å². The predicted molar refractivity (Wildman–Crippen MR) is 113 cm³/mol. The second kappa shape index (κ2) is 7.24. The first-order chi connectivity index (χ1) is 13.3. The fourth-order valence-electron chi connectivity index (χ4n) is 3.92. The van der Waals surface area contributed by atoms with Crippen molar-refractivity contribution in [2.24, 2.45) is 5.92 Å². The minimum Gasteiger partial charge on any atom is -0.214 e. The van der Waals surface area contributed by atoms with E-state index in [-0.39, 0.29) is 0 Å². The minimum absolute atomic E-state index is 0.741. The molecule has 0 N–H and O–H groups in total. The molecule has 1 atom stereocenters. The summed E-state index contributed by atoms with van der Waals surface area (Å²) in [6.07, 6.45) is 7.50. The number of thioether (sulfide) groups is 1. The number of aryl methyl sites for hydroxylation is 2. The average Bonchev–Trinajstić information content (AvgIpc) is 3.30. The van der Waals surface area contributed by atoms with Crippen LogP contribution in [0.2, 0.25) is 0 Å². The van der Waals surface area contributed by atoms with Crippen LogP contribution in [0.4, 0.5) is 0 Å². The van der Waals surface area contributed by atoms with Gasteiger partial charge in [0.2, 0.25) is 0 Å². The molecule has 1 aliphatic rings. The van der Waals surface area contributed by atoms with Crippen LogP contribution in [0.25, 0.3) is 15.9 Å². The van der Waals surface area contributed by atoms with Gasteiger partial charge in [0.25, 0.3) is 0 Å². The van der Waals surface area contributed by atoms with Gasteiger partial charge in [0.1, 0.15) is 11.2 Å². The molecular formula is C21H22N4S2. The van der Waals surface area contributed by atoms with Crippen LogP contribution in [0.5, 0.6) is 0 Å². The van der Waals surface area contributed by atoms with E-state index in [0.717, 1.165) is 46.6 Å². The summed E-state index contributed by atoms with van der Waals surface area (Å²) in [5, 5.41) is 6.69. The van der Waals surface area contributed by atoms with Gasteiger partial charge in [0.05, 0.1) is 5.39 Å². The van der Waals surface area contributed by atoms with Crippen molar-refractivity contribution < 1.29 is 0 Å². The summed E-state index contributed by atoms with van der Waals surface area (Å²) in [7, 11) is 0. The Balaban J connectivity index is 1.42. The smallest absolute Gasteiger partial charge is 0.192 e. The van der Waals surface area contributed by atoms with Gasteiger partial charge in [-0.05, 0) is 49.1 Å². The molecule has 1 unspecified atom stereocenters. The van der Waals surface area contributed by atoms with Gasteiger partial charge in [-0.1, -0.05) is 49.0 Å². The third kappa shape index (κ3) is 3.25. The van der Waals surface area contributed by atoms with E-state index >= 15 is 0 Å². The highest BCUT2D eigenvalue weighted by atomic mass is 32.2. The number of aromatic nitrogens is 4. The van der Waals surface area contributed by atoms with Gasteiger partial charge in [-0.2, -0.15) is 9.61 Å². The van der Waals surface area contributed by atoms with Gasteiger partial charge in [-0.25, -0.2) is 9.97 Å². The lowest BCUT2D eigenvalue weighted by molar-refractivity contribution is 0.508. The molecular weight excluding hydrogens is 372 g/mol. The van der Waals surface area contributed by atoms with Gasteiger partial charge in [-0.3, -0.25) is 0 Å². The number of rotatable bonds is 5. The van der Waals surface area contributed by atoms with Crippen molar-refractivity contribution in [2.45, 2.75) is 44.2 Å². The molecule has 0 radical (unpaired) electrons. The fraction of sp³-hybridized carbons (Fsp3) is 0.381. The highest BCUT2D eigenvalue weighted by Crippen LogP contribution is 2.39. The lowest BCUT2D eigenvalue weighted by atomic mass is 9.89. The summed E-state index contributed by atoms with van der Waals surface area (Å²) in [6.45, 7) is 2.35. The zero-order valence-electron chi connectivity index (χ0n) is 15.4. The Hall–Kier alpha value is -1.92. The summed E-state index contributed by atoms with van der Waals surface area (Å²) in [4.78, 5) is 12.2. The Morgan fingerprint density at radius 1 is 1.26 bits per heavy atom. The molecule has 0 amide bonds. The van der Waals surface area contributed by atoms with Crippen molar-refractivity contribution in [3.8, 4) is 0 Å². The highest BCUT2D eigenvalue weighted by molar-refractivity contribution is 7.99. The normalized spacial score (nSPS) is 16.9. The molecule has 0 bridgehead atoms. The second-order valence-corrected chi connectivity index (χ2v) is 9.51. The van der Waals surface area contributed by atoms with Crippen LogP contribution >= 0.6 is 23.1 Å². The Morgan fingerprint density at radius 2 is 2.15 bits per heavy atom. The van der Waals surface area contributed by atoms with Gasteiger partial charge < -0.3 is 0 Å². The Bertz CT molecular complexity index is 1080. The Morgan fingerprint density at radius 3 is 3.04 bits per heavy atom. The molecule has 4 nitrogen and oxygen atoms in total. The van der Waals surface area contributed by atoms with E-state index in [2.05, 4.69) is 47.3 Å². The van der Waals surface area contributed by atoms with Crippen LogP contribution in [0.1, 0.15) is 35.8 Å². The Kier molecular flexibility index (Phi) is 4.61. The van der Waals surface area contributed by atoms with Gasteiger partial charge in [-0.15, -0.1) is 11.3 Å². The van der Waals surface area contributed by atoms with Crippen molar-refractivity contribution in [1.82, 2.24) is 19.6 Å². The SMILES string of the molecule is CC1CCc2sc3nc(SCCCc4ccccc4)n4ncnc4c3c2C1. The zero-order chi connectivity index (χ0) is 18.2. The first-order valence-electron chi connectivity index (χ1n) is 9.60. The van der Waals surface area contributed by atoms with Crippen LogP contribution in [0.3, 0.4) is 0 Å². The van der Waals surface area contributed by atoms with Gasteiger partial charge in [0.15, 0.2) is 10.8 Å². The Labute approximate surface area is 167 Å². The van der Waals surface area contributed by atoms with Crippen LogP contribution in [-0.4, -0.2) is 25.3 Å². The quantitative estimate of drug-likeness (QED) is 0.265. The maximum Gasteiger partial charge on any atom is 0.192 e. The predicted octanol–water partition coefficient (Wildman–Crippen LogP) is 5.19. The van der Waals surface area contributed by atoms with Crippen molar-refractivity contribution in [2.75, 3.05) is 5.75 Å². The standard InChI is InChI=1S/C21H22N4S2/c1-14-9-10-17-16(12-14)18-19-22-13-23-25(19)21(24-20(18)27-17)26-11-5-8-15-6-3-2-4-7-15/h2-4,6-7,13-14H,5,8-12H2,1H3. The summed E-state index contributed by atoms with van der Waals surface area (Å²) >= 11 is 3.66. The van der Waals surface area contributed by atoms with E-state index in [1.807, 2.05) is 15.9 Å². The number of fused-ring (bicyclic) bond motifs is 5.